The molecule has 1 aromatic carbocycles. The van der Waals surface area contributed by atoms with E-state index in [9.17, 15) is 4.79 Å². The second kappa shape index (κ2) is 7.36. The average molecular weight is 412 g/mol. The van der Waals surface area contributed by atoms with Crippen LogP contribution in [0.15, 0.2) is 47.1 Å². The number of aromatic nitrogens is 5. The molecule has 0 radical (unpaired) electrons. The van der Waals surface area contributed by atoms with E-state index in [4.69, 9.17) is 0 Å². The molecule has 1 aliphatic heterocycles. The standard InChI is InChI=1S/C18H17N7OS2/c26-17(10-27-18-21-13-3-1-2-4-14(13)28-18)20-12-7-8-24(9-12)16-6-5-15-22-19-11-25(15)23-16/h1-6,11-12H,7-10H2,(H,20,26)/t12-/m0/s1. The molecule has 142 valence electrons. The lowest BCUT2D eigenvalue weighted by Crippen LogP contribution is -2.38. The molecule has 28 heavy (non-hydrogen) atoms. The smallest absolute Gasteiger partial charge is 0.230 e. The van der Waals surface area contributed by atoms with Gasteiger partial charge in [-0.2, -0.15) is 4.52 Å². The fourth-order valence-corrected chi connectivity index (χ4v) is 5.16. The van der Waals surface area contributed by atoms with Gasteiger partial charge in [-0.3, -0.25) is 4.79 Å². The SMILES string of the molecule is O=C(CSc1nc2ccccc2s1)N[C@H]1CCN(c2ccc3nncn3n2)C1. The van der Waals surface area contributed by atoms with Crippen molar-refractivity contribution >= 4 is 50.7 Å². The van der Waals surface area contributed by atoms with Crippen molar-refractivity contribution in [3.05, 3.63) is 42.7 Å². The Morgan fingerprint density at radius 3 is 3.14 bits per heavy atom. The van der Waals surface area contributed by atoms with E-state index in [0.29, 0.717) is 5.75 Å². The number of anilines is 1. The number of amides is 1. The summed E-state index contributed by atoms with van der Waals surface area (Å²) in [7, 11) is 0. The highest BCUT2D eigenvalue weighted by Gasteiger charge is 2.25. The maximum atomic E-state index is 12.4. The molecule has 0 bridgehead atoms. The van der Waals surface area contributed by atoms with E-state index in [-0.39, 0.29) is 11.9 Å². The van der Waals surface area contributed by atoms with Crippen molar-refractivity contribution in [2.24, 2.45) is 0 Å². The first kappa shape index (κ1) is 17.4. The minimum Gasteiger partial charge on any atom is -0.353 e. The normalized spacial score (nSPS) is 16.9. The number of hydrogen-bond donors (Lipinski definition) is 1. The zero-order valence-electron chi connectivity index (χ0n) is 14.9. The van der Waals surface area contributed by atoms with Crippen molar-refractivity contribution < 1.29 is 4.79 Å². The molecule has 3 aromatic heterocycles. The van der Waals surface area contributed by atoms with Gasteiger partial charge in [0, 0.05) is 19.1 Å². The third kappa shape index (κ3) is 3.52. The van der Waals surface area contributed by atoms with Crippen LogP contribution in [0.4, 0.5) is 5.82 Å². The predicted octanol–water partition coefficient (Wildman–Crippen LogP) is 2.22. The van der Waals surface area contributed by atoms with E-state index in [1.165, 1.54) is 11.8 Å². The lowest BCUT2D eigenvalue weighted by atomic mass is 10.2. The summed E-state index contributed by atoms with van der Waals surface area (Å²) in [6.07, 6.45) is 2.49. The Hall–Kier alpha value is -2.72. The first-order valence-electron chi connectivity index (χ1n) is 8.94. The number of para-hydroxylation sites is 1. The number of thioether (sulfide) groups is 1. The first-order chi connectivity index (χ1) is 13.7. The van der Waals surface area contributed by atoms with Gasteiger partial charge in [-0.15, -0.1) is 26.6 Å². The quantitative estimate of drug-likeness (QED) is 0.504. The number of nitrogens with one attached hydrogen (secondary N) is 1. The summed E-state index contributed by atoms with van der Waals surface area (Å²) >= 11 is 3.11. The largest absolute Gasteiger partial charge is 0.353 e. The van der Waals surface area contributed by atoms with Gasteiger partial charge in [0.1, 0.15) is 12.1 Å². The van der Waals surface area contributed by atoms with Crippen LogP contribution in [0.5, 0.6) is 0 Å². The van der Waals surface area contributed by atoms with Crippen LogP contribution in [0.3, 0.4) is 0 Å². The van der Waals surface area contributed by atoms with Crippen molar-refractivity contribution in [1.82, 2.24) is 30.1 Å². The maximum Gasteiger partial charge on any atom is 0.230 e. The molecule has 1 fully saturated rings. The molecule has 1 saturated heterocycles. The minimum absolute atomic E-state index is 0.0401. The van der Waals surface area contributed by atoms with Crippen molar-refractivity contribution in [2.75, 3.05) is 23.7 Å². The van der Waals surface area contributed by atoms with Crippen molar-refractivity contribution in [2.45, 2.75) is 16.8 Å². The molecule has 1 amide bonds. The molecular weight excluding hydrogens is 394 g/mol. The molecule has 0 saturated carbocycles. The van der Waals surface area contributed by atoms with Crippen LogP contribution in [0.1, 0.15) is 6.42 Å². The number of hydrogen-bond acceptors (Lipinski definition) is 8. The summed E-state index contributed by atoms with van der Waals surface area (Å²) in [5.41, 5.74) is 1.71. The summed E-state index contributed by atoms with van der Waals surface area (Å²) < 4.78 is 3.74. The van der Waals surface area contributed by atoms with Gasteiger partial charge in [0.2, 0.25) is 5.91 Å². The van der Waals surface area contributed by atoms with Gasteiger partial charge in [0.05, 0.1) is 16.0 Å². The molecule has 1 aliphatic rings. The highest BCUT2D eigenvalue weighted by atomic mass is 32.2. The Kier molecular flexibility index (Phi) is 4.57. The fourth-order valence-electron chi connectivity index (χ4n) is 3.28. The molecule has 0 aliphatic carbocycles. The molecule has 5 rings (SSSR count). The van der Waals surface area contributed by atoms with Gasteiger partial charge >= 0.3 is 0 Å². The second-order valence-corrected chi connectivity index (χ2v) is 8.81. The molecule has 0 unspecified atom stereocenters. The Bertz CT molecular complexity index is 1110. The number of carbonyl (C=O) groups excluding carboxylic acids is 1. The summed E-state index contributed by atoms with van der Waals surface area (Å²) in [5.74, 6) is 1.28. The highest BCUT2D eigenvalue weighted by Crippen LogP contribution is 2.29. The molecule has 10 heteroatoms. The fraction of sp³-hybridized carbons (Fsp3) is 0.278. The molecule has 0 spiro atoms. The lowest BCUT2D eigenvalue weighted by molar-refractivity contribution is -0.119. The van der Waals surface area contributed by atoms with Gasteiger partial charge in [0.25, 0.3) is 0 Å². The zero-order valence-corrected chi connectivity index (χ0v) is 16.5. The van der Waals surface area contributed by atoms with E-state index >= 15 is 0 Å². The molecule has 4 aromatic rings. The number of carbonyl (C=O) groups is 1. The average Bonchev–Trinajstić information content (AvgIpc) is 3.44. The number of fused-ring (bicyclic) bond motifs is 2. The first-order valence-corrected chi connectivity index (χ1v) is 10.7. The Morgan fingerprint density at radius 1 is 1.29 bits per heavy atom. The Labute approximate surface area is 169 Å². The van der Waals surface area contributed by atoms with Crippen molar-refractivity contribution in [1.29, 1.82) is 0 Å². The summed E-state index contributed by atoms with van der Waals surface area (Å²) in [4.78, 5) is 19.1. The van der Waals surface area contributed by atoms with Crippen LogP contribution in [0.2, 0.25) is 0 Å². The summed E-state index contributed by atoms with van der Waals surface area (Å²) in [5, 5.41) is 15.5. The van der Waals surface area contributed by atoms with E-state index in [1.807, 2.05) is 30.3 Å². The van der Waals surface area contributed by atoms with Gasteiger partial charge < -0.3 is 10.2 Å². The van der Waals surface area contributed by atoms with Crippen LogP contribution in [0.25, 0.3) is 15.9 Å². The molecule has 4 heterocycles. The predicted molar refractivity (Wildman–Crippen MR) is 110 cm³/mol. The van der Waals surface area contributed by atoms with Gasteiger partial charge in [-0.25, -0.2) is 4.98 Å². The third-order valence-corrected chi connectivity index (χ3v) is 6.81. The van der Waals surface area contributed by atoms with Gasteiger partial charge in [0.15, 0.2) is 9.99 Å². The van der Waals surface area contributed by atoms with Crippen molar-refractivity contribution in [3.8, 4) is 0 Å². The van der Waals surface area contributed by atoms with E-state index in [0.717, 1.165) is 45.5 Å². The lowest BCUT2D eigenvalue weighted by Gasteiger charge is -2.17. The van der Waals surface area contributed by atoms with Crippen LogP contribution >= 0.6 is 23.1 Å². The number of benzene rings is 1. The van der Waals surface area contributed by atoms with Crippen molar-refractivity contribution in [3.63, 3.8) is 0 Å². The molecule has 1 N–H and O–H groups in total. The van der Waals surface area contributed by atoms with E-state index < -0.39 is 0 Å². The number of nitrogens with zero attached hydrogens (tertiary/aromatic N) is 6. The maximum absolute atomic E-state index is 12.4. The van der Waals surface area contributed by atoms with Crippen LogP contribution in [-0.4, -0.2) is 55.6 Å². The van der Waals surface area contributed by atoms with Crippen LogP contribution in [0, 0.1) is 0 Å². The molecule has 1 atom stereocenters. The highest BCUT2D eigenvalue weighted by molar-refractivity contribution is 8.01. The van der Waals surface area contributed by atoms with Crippen LogP contribution < -0.4 is 10.2 Å². The second-order valence-electron chi connectivity index (χ2n) is 6.56. The Balaban J connectivity index is 1.15. The minimum atomic E-state index is 0.0401. The third-order valence-electron chi connectivity index (χ3n) is 4.63. The number of thiazole rings is 1. The van der Waals surface area contributed by atoms with Gasteiger partial charge in [-0.05, 0) is 30.7 Å². The van der Waals surface area contributed by atoms with Crippen LogP contribution in [-0.2, 0) is 4.79 Å². The summed E-state index contributed by atoms with van der Waals surface area (Å²) in [6.45, 7) is 1.61. The molecular formula is C18H17N7OS2. The summed E-state index contributed by atoms with van der Waals surface area (Å²) in [6, 6.07) is 12.0. The number of rotatable bonds is 5. The monoisotopic (exact) mass is 411 g/mol. The zero-order chi connectivity index (χ0) is 18.9. The molecule has 8 nitrogen and oxygen atoms in total. The topological polar surface area (TPSA) is 88.3 Å². The van der Waals surface area contributed by atoms with Gasteiger partial charge in [-0.1, -0.05) is 23.9 Å². The Morgan fingerprint density at radius 2 is 2.21 bits per heavy atom. The van der Waals surface area contributed by atoms with E-state index in [1.54, 1.807) is 22.2 Å². The van der Waals surface area contributed by atoms with E-state index in [2.05, 4.69) is 36.6 Å².